The van der Waals surface area contributed by atoms with Gasteiger partial charge in [-0.3, -0.25) is 4.79 Å². The van der Waals surface area contributed by atoms with Crippen LogP contribution in [0.15, 0.2) is 23.8 Å². The number of piperidine rings is 1. The van der Waals surface area contributed by atoms with Gasteiger partial charge in [0.15, 0.2) is 0 Å². The number of nitrogens with zero attached hydrogens (tertiary/aromatic N) is 1. The fourth-order valence-electron chi connectivity index (χ4n) is 3.00. The number of likely N-dealkylation sites (tertiary alicyclic amines) is 1. The number of allylic oxidation sites excluding steroid dienone is 4. The van der Waals surface area contributed by atoms with Crippen molar-refractivity contribution in [3.05, 3.63) is 23.8 Å². The summed E-state index contributed by atoms with van der Waals surface area (Å²) >= 11 is 0. The third-order valence-electron chi connectivity index (χ3n) is 4.02. The molecule has 0 aromatic carbocycles. The van der Waals surface area contributed by atoms with Gasteiger partial charge in [-0.15, -0.1) is 0 Å². The highest BCUT2D eigenvalue weighted by atomic mass is 19.4. The number of alkyl halides is 3. The van der Waals surface area contributed by atoms with Crippen LogP contribution in [0, 0.1) is 11.8 Å². The van der Waals surface area contributed by atoms with E-state index in [-0.39, 0.29) is 31.5 Å². The number of rotatable bonds is 2. The van der Waals surface area contributed by atoms with Crippen molar-refractivity contribution in [2.24, 2.45) is 11.8 Å². The molecule has 6 heteroatoms. The first kappa shape index (κ1) is 15.1. The molecule has 112 valence electrons. The van der Waals surface area contributed by atoms with E-state index in [0.29, 0.717) is 6.42 Å². The molecule has 2 rings (SSSR count). The number of halogens is 3. The molecular formula is C14H18F3NO2. The van der Waals surface area contributed by atoms with Crippen LogP contribution in [0.2, 0.25) is 0 Å². The van der Waals surface area contributed by atoms with Gasteiger partial charge in [-0.1, -0.05) is 23.8 Å². The lowest BCUT2D eigenvalue weighted by atomic mass is 9.78. The van der Waals surface area contributed by atoms with Gasteiger partial charge in [-0.05, 0) is 25.2 Å². The highest BCUT2D eigenvalue weighted by Gasteiger charge is 2.45. The van der Waals surface area contributed by atoms with Crippen molar-refractivity contribution >= 4 is 5.91 Å². The van der Waals surface area contributed by atoms with Crippen molar-refractivity contribution in [2.75, 3.05) is 19.7 Å². The van der Waals surface area contributed by atoms with E-state index in [1.807, 2.05) is 18.2 Å². The second-order valence-corrected chi connectivity index (χ2v) is 5.30. The molecule has 2 aliphatic rings. The first-order valence-electron chi connectivity index (χ1n) is 6.76. The van der Waals surface area contributed by atoms with E-state index in [4.69, 9.17) is 0 Å². The number of aliphatic hydroxyl groups excluding tert-OH is 1. The molecular weight excluding hydrogens is 271 g/mol. The standard InChI is InChI=1S/C14H18F3NO2/c15-14(16,17)13(20)18-7-6-12(11(8-18)9-19)10-4-2-1-3-5-10/h1-2,4,11-12,19H,3,5-9H2/t11-,12-/m1/s1. The molecule has 20 heavy (non-hydrogen) atoms. The number of carbonyl (C=O) groups is 1. The van der Waals surface area contributed by atoms with Crippen LogP contribution in [-0.2, 0) is 4.79 Å². The van der Waals surface area contributed by atoms with Crippen LogP contribution in [0.25, 0.3) is 0 Å². The SMILES string of the molecule is O=C(N1CC[C@H](C2=CC=CCC2)[C@@H](CO)C1)C(F)(F)F. The lowest BCUT2D eigenvalue weighted by Crippen LogP contribution is -2.50. The van der Waals surface area contributed by atoms with Gasteiger partial charge in [0.1, 0.15) is 0 Å². The van der Waals surface area contributed by atoms with Crippen LogP contribution < -0.4 is 0 Å². The fourth-order valence-corrected chi connectivity index (χ4v) is 3.00. The summed E-state index contributed by atoms with van der Waals surface area (Å²) in [5.41, 5.74) is 1.17. The number of carbonyl (C=O) groups excluding carboxylic acids is 1. The lowest BCUT2D eigenvalue weighted by molar-refractivity contribution is -0.188. The third-order valence-corrected chi connectivity index (χ3v) is 4.02. The summed E-state index contributed by atoms with van der Waals surface area (Å²) in [6.07, 6.45) is 3.42. The zero-order valence-corrected chi connectivity index (χ0v) is 11.1. The van der Waals surface area contributed by atoms with Crippen molar-refractivity contribution in [3.8, 4) is 0 Å². The van der Waals surface area contributed by atoms with E-state index in [0.717, 1.165) is 17.7 Å². The average molecular weight is 289 g/mol. The van der Waals surface area contributed by atoms with E-state index >= 15 is 0 Å². The van der Waals surface area contributed by atoms with Crippen molar-refractivity contribution in [1.82, 2.24) is 4.90 Å². The number of hydrogen-bond acceptors (Lipinski definition) is 2. The minimum absolute atomic E-state index is 0.0272. The molecule has 1 aliphatic carbocycles. The summed E-state index contributed by atoms with van der Waals surface area (Å²) in [5.74, 6) is -2.04. The van der Waals surface area contributed by atoms with Crippen molar-refractivity contribution in [2.45, 2.75) is 25.4 Å². The largest absolute Gasteiger partial charge is 0.471 e. The Hall–Kier alpha value is -1.30. The van der Waals surface area contributed by atoms with Gasteiger partial charge in [0, 0.05) is 25.6 Å². The average Bonchev–Trinajstić information content (AvgIpc) is 2.45. The van der Waals surface area contributed by atoms with Crippen LogP contribution in [0.3, 0.4) is 0 Å². The lowest BCUT2D eigenvalue weighted by Gasteiger charge is -2.39. The summed E-state index contributed by atoms with van der Waals surface area (Å²) in [7, 11) is 0. The summed E-state index contributed by atoms with van der Waals surface area (Å²) in [4.78, 5) is 12.1. The van der Waals surface area contributed by atoms with Gasteiger partial charge in [-0.2, -0.15) is 13.2 Å². The Morgan fingerprint density at radius 2 is 2.20 bits per heavy atom. The fraction of sp³-hybridized carbons (Fsp3) is 0.643. The molecule has 1 N–H and O–H groups in total. The predicted octanol–water partition coefficient (Wildman–Crippen LogP) is 2.28. The van der Waals surface area contributed by atoms with Gasteiger partial charge < -0.3 is 10.0 Å². The van der Waals surface area contributed by atoms with Gasteiger partial charge in [0.25, 0.3) is 0 Å². The van der Waals surface area contributed by atoms with E-state index < -0.39 is 12.1 Å². The van der Waals surface area contributed by atoms with Crippen LogP contribution in [0.5, 0.6) is 0 Å². The highest BCUT2D eigenvalue weighted by Crippen LogP contribution is 2.34. The molecule has 1 fully saturated rings. The zero-order chi connectivity index (χ0) is 14.8. The number of amides is 1. The van der Waals surface area contributed by atoms with Crippen molar-refractivity contribution in [1.29, 1.82) is 0 Å². The molecule has 0 radical (unpaired) electrons. The smallest absolute Gasteiger partial charge is 0.396 e. The third kappa shape index (κ3) is 3.23. The Bertz CT molecular complexity index is 429. The maximum Gasteiger partial charge on any atom is 0.471 e. The Morgan fingerprint density at radius 1 is 1.45 bits per heavy atom. The Labute approximate surface area is 115 Å². The van der Waals surface area contributed by atoms with Crippen molar-refractivity contribution < 1.29 is 23.1 Å². The molecule has 1 aliphatic heterocycles. The van der Waals surface area contributed by atoms with Crippen LogP contribution in [-0.4, -0.2) is 41.8 Å². The molecule has 1 heterocycles. The van der Waals surface area contributed by atoms with Gasteiger partial charge in [0.05, 0.1) is 0 Å². The normalized spacial score (nSPS) is 27.4. The summed E-state index contributed by atoms with van der Waals surface area (Å²) in [6.45, 7) is -0.130. The molecule has 0 bridgehead atoms. The maximum atomic E-state index is 12.4. The Morgan fingerprint density at radius 3 is 2.75 bits per heavy atom. The minimum atomic E-state index is -4.83. The van der Waals surface area contributed by atoms with Crippen LogP contribution in [0.1, 0.15) is 19.3 Å². The first-order valence-corrected chi connectivity index (χ1v) is 6.76. The molecule has 0 spiro atoms. The van der Waals surface area contributed by atoms with Crippen LogP contribution >= 0.6 is 0 Å². The molecule has 0 aromatic heterocycles. The Kier molecular flexibility index (Phi) is 4.52. The van der Waals surface area contributed by atoms with Crippen LogP contribution in [0.4, 0.5) is 13.2 Å². The zero-order valence-electron chi connectivity index (χ0n) is 11.1. The minimum Gasteiger partial charge on any atom is -0.396 e. The molecule has 0 unspecified atom stereocenters. The van der Waals surface area contributed by atoms with Gasteiger partial charge in [0.2, 0.25) is 0 Å². The number of aliphatic hydroxyl groups is 1. The monoisotopic (exact) mass is 289 g/mol. The quantitative estimate of drug-likeness (QED) is 0.847. The first-order chi connectivity index (χ1) is 9.43. The molecule has 0 aromatic rings. The van der Waals surface area contributed by atoms with E-state index in [1.54, 1.807) is 0 Å². The second-order valence-electron chi connectivity index (χ2n) is 5.30. The summed E-state index contributed by atoms with van der Waals surface area (Å²) in [5, 5.41) is 9.43. The van der Waals surface area contributed by atoms with E-state index in [1.165, 1.54) is 5.57 Å². The van der Waals surface area contributed by atoms with E-state index in [9.17, 15) is 23.1 Å². The summed E-state index contributed by atoms with van der Waals surface area (Å²) < 4.78 is 37.3. The van der Waals surface area contributed by atoms with Gasteiger partial charge in [-0.25, -0.2) is 0 Å². The highest BCUT2D eigenvalue weighted by molar-refractivity contribution is 5.82. The molecule has 2 atom stereocenters. The van der Waals surface area contributed by atoms with Gasteiger partial charge >= 0.3 is 12.1 Å². The molecule has 1 amide bonds. The predicted molar refractivity (Wildman–Crippen MR) is 67.8 cm³/mol. The topological polar surface area (TPSA) is 40.5 Å². The number of hydrogen-bond donors (Lipinski definition) is 1. The molecule has 1 saturated heterocycles. The molecule has 3 nitrogen and oxygen atoms in total. The molecule has 0 saturated carbocycles. The summed E-state index contributed by atoms with van der Waals surface area (Å²) in [6, 6.07) is 0. The van der Waals surface area contributed by atoms with E-state index in [2.05, 4.69) is 0 Å². The van der Waals surface area contributed by atoms with Crippen molar-refractivity contribution in [3.63, 3.8) is 0 Å². The maximum absolute atomic E-state index is 12.4. The Balaban J connectivity index is 2.06. The second kappa shape index (κ2) is 5.99.